The van der Waals surface area contributed by atoms with E-state index in [-0.39, 0.29) is 18.2 Å². The summed E-state index contributed by atoms with van der Waals surface area (Å²) >= 11 is 0. The summed E-state index contributed by atoms with van der Waals surface area (Å²) in [5.74, 6) is 0.116. The van der Waals surface area contributed by atoms with Crippen LogP contribution in [0.25, 0.3) is 11.1 Å². The molecule has 1 heterocycles. The number of hydrazine groups is 1. The van der Waals surface area contributed by atoms with Gasteiger partial charge in [-0.05, 0) is 36.1 Å². The first kappa shape index (κ1) is 16.7. The van der Waals surface area contributed by atoms with Crippen molar-refractivity contribution in [2.75, 3.05) is 7.05 Å². The first-order chi connectivity index (χ1) is 13.2. The molecule has 1 atom stereocenters. The number of rotatable bonds is 2. The third kappa shape index (κ3) is 2.71. The van der Waals surface area contributed by atoms with Crippen LogP contribution in [0.3, 0.4) is 0 Å². The van der Waals surface area contributed by atoms with Crippen LogP contribution in [0, 0.1) is 0 Å². The highest BCUT2D eigenvalue weighted by Gasteiger charge is 2.47. The van der Waals surface area contributed by atoms with Gasteiger partial charge in [0.05, 0.1) is 24.3 Å². The minimum absolute atomic E-state index is 0.116. The molecule has 2 aliphatic carbocycles. The lowest BCUT2D eigenvalue weighted by molar-refractivity contribution is -0.711. The van der Waals surface area contributed by atoms with Crippen molar-refractivity contribution in [2.24, 2.45) is 0 Å². The molecule has 5 rings (SSSR count). The number of hydrazone groups is 1. The quantitative estimate of drug-likeness (QED) is 0.647. The van der Waals surface area contributed by atoms with E-state index >= 15 is 0 Å². The third-order valence-electron chi connectivity index (χ3n) is 6.09. The second-order valence-corrected chi connectivity index (χ2v) is 7.76. The number of fused-ring (bicyclic) bond motifs is 3. The maximum atomic E-state index is 12.6. The van der Waals surface area contributed by atoms with Gasteiger partial charge in [0.15, 0.2) is 0 Å². The molecule has 1 saturated heterocycles. The molecule has 0 spiro atoms. The Hall–Kier alpha value is -2.46. The van der Waals surface area contributed by atoms with Gasteiger partial charge in [-0.3, -0.25) is 4.79 Å². The van der Waals surface area contributed by atoms with Crippen molar-refractivity contribution >= 4 is 11.6 Å². The van der Waals surface area contributed by atoms with E-state index in [1.165, 1.54) is 41.5 Å². The minimum atomic E-state index is -0.222. The van der Waals surface area contributed by atoms with E-state index in [0.717, 1.165) is 18.6 Å². The van der Waals surface area contributed by atoms with Crippen LogP contribution in [0.4, 0.5) is 0 Å². The number of carbonyl (C=O) groups excluding carboxylic acids is 1. The summed E-state index contributed by atoms with van der Waals surface area (Å²) in [7, 11) is 1.86. The molecule has 2 aromatic carbocycles. The van der Waals surface area contributed by atoms with Gasteiger partial charge in [0.25, 0.3) is 12.1 Å². The number of hydrogen-bond donors (Lipinski definition) is 0. The van der Waals surface area contributed by atoms with Gasteiger partial charge in [0, 0.05) is 0 Å². The highest BCUT2D eigenvalue weighted by molar-refractivity contribution is 6.22. The van der Waals surface area contributed by atoms with Crippen LogP contribution < -0.4 is 0 Å². The number of amides is 1. The van der Waals surface area contributed by atoms with Crippen LogP contribution in [0.1, 0.15) is 49.7 Å². The Morgan fingerprint density at radius 3 is 2.04 bits per heavy atom. The number of carbonyl (C=O) groups is 1. The molecule has 1 amide bonds. The summed E-state index contributed by atoms with van der Waals surface area (Å²) in [6, 6.07) is 16.9. The molecule has 4 nitrogen and oxygen atoms in total. The largest absolute Gasteiger partial charge is 0.315 e. The molecular weight excluding hydrogens is 336 g/mol. The van der Waals surface area contributed by atoms with Gasteiger partial charge in [-0.2, -0.15) is 0 Å². The third-order valence-corrected chi connectivity index (χ3v) is 6.09. The van der Waals surface area contributed by atoms with Crippen LogP contribution in [-0.4, -0.2) is 40.7 Å². The monoisotopic (exact) mass is 361 g/mol. The molecule has 0 N–H and O–H groups in total. The average Bonchev–Trinajstić information content (AvgIpc) is 3.17. The van der Waals surface area contributed by atoms with E-state index in [1.807, 2.05) is 7.05 Å². The van der Waals surface area contributed by atoms with E-state index < -0.39 is 0 Å². The van der Waals surface area contributed by atoms with Crippen molar-refractivity contribution in [1.29, 1.82) is 0 Å². The van der Waals surface area contributed by atoms with Crippen LogP contribution in [0.2, 0.25) is 0 Å². The summed E-state index contributed by atoms with van der Waals surface area (Å²) < 4.78 is 8.59. The van der Waals surface area contributed by atoms with Gasteiger partial charge < -0.3 is 4.74 Å². The zero-order valence-electron chi connectivity index (χ0n) is 15.7. The molecule has 1 unspecified atom stereocenters. The molecular formula is C23H25N2O2+. The maximum Gasteiger partial charge on any atom is 0.296 e. The molecule has 2 aromatic rings. The predicted molar refractivity (Wildman–Crippen MR) is 104 cm³/mol. The molecule has 2 fully saturated rings. The van der Waals surface area contributed by atoms with Crippen LogP contribution in [-0.2, 0) is 9.53 Å². The van der Waals surface area contributed by atoms with E-state index in [4.69, 9.17) is 4.74 Å². The van der Waals surface area contributed by atoms with Crippen molar-refractivity contribution in [1.82, 2.24) is 5.01 Å². The lowest BCUT2D eigenvalue weighted by atomic mass is 9.98. The zero-order chi connectivity index (χ0) is 18.4. The van der Waals surface area contributed by atoms with E-state index in [9.17, 15) is 4.79 Å². The van der Waals surface area contributed by atoms with Crippen LogP contribution in [0.5, 0.6) is 0 Å². The van der Waals surface area contributed by atoms with Crippen molar-refractivity contribution < 1.29 is 14.2 Å². The molecule has 4 heteroatoms. The summed E-state index contributed by atoms with van der Waals surface area (Å²) in [6.07, 6.45) is 6.41. The van der Waals surface area contributed by atoms with E-state index in [1.54, 1.807) is 5.01 Å². The number of benzene rings is 2. The first-order valence-corrected chi connectivity index (χ1v) is 10.0. The molecule has 1 aliphatic heterocycles. The van der Waals surface area contributed by atoms with Gasteiger partial charge in [0.2, 0.25) is 5.71 Å². The molecule has 3 aliphatic rings. The van der Waals surface area contributed by atoms with Gasteiger partial charge >= 0.3 is 0 Å². The second kappa shape index (κ2) is 6.61. The molecule has 0 aromatic heterocycles. The van der Waals surface area contributed by atoms with Gasteiger partial charge in [-0.1, -0.05) is 60.3 Å². The molecule has 0 radical (unpaired) electrons. The Balaban J connectivity index is 1.65. The smallest absolute Gasteiger partial charge is 0.296 e. The number of nitrogens with zero attached hydrogens (tertiary/aromatic N) is 2. The summed E-state index contributed by atoms with van der Waals surface area (Å²) in [6.45, 7) is 0. The van der Waals surface area contributed by atoms with E-state index in [2.05, 4.69) is 53.2 Å². The minimum Gasteiger partial charge on any atom is -0.315 e. The lowest BCUT2D eigenvalue weighted by Crippen LogP contribution is -2.39. The summed E-state index contributed by atoms with van der Waals surface area (Å²) in [5.41, 5.74) is 5.91. The standard InChI is InChI=1S/C23H25N2O2/c1-24-21(26)15-22(27-16-9-3-2-4-10-16)25(24)23-19-13-7-5-11-17(19)18-12-6-8-14-20(18)23/h5-8,11-14,16,22H,2-4,9-10,15H2,1H3/q+1. The van der Waals surface area contributed by atoms with Gasteiger partial charge in [-0.25, -0.2) is 0 Å². The molecule has 0 bridgehead atoms. The van der Waals surface area contributed by atoms with Crippen molar-refractivity contribution in [2.45, 2.75) is 50.9 Å². The van der Waals surface area contributed by atoms with Crippen LogP contribution in [0.15, 0.2) is 48.5 Å². The fourth-order valence-corrected chi connectivity index (χ4v) is 4.75. The Labute approximate surface area is 160 Å². The summed E-state index contributed by atoms with van der Waals surface area (Å²) in [4.78, 5) is 12.6. The highest BCUT2D eigenvalue weighted by Crippen LogP contribution is 2.38. The number of ether oxygens (including phenoxy) is 1. The molecule has 138 valence electrons. The second-order valence-electron chi connectivity index (χ2n) is 7.76. The highest BCUT2D eigenvalue weighted by atomic mass is 16.5. The Kier molecular flexibility index (Phi) is 4.09. The van der Waals surface area contributed by atoms with Crippen molar-refractivity contribution in [3.8, 4) is 11.1 Å². The zero-order valence-corrected chi connectivity index (χ0v) is 15.7. The van der Waals surface area contributed by atoms with Gasteiger partial charge in [-0.15, -0.1) is 5.01 Å². The topological polar surface area (TPSA) is 32.6 Å². The lowest BCUT2D eigenvalue weighted by Gasteiger charge is -2.23. The Bertz CT molecular complexity index is 880. The normalized spacial score (nSPS) is 22.3. The maximum absolute atomic E-state index is 12.6. The fourth-order valence-electron chi connectivity index (χ4n) is 4.75. The van der Waals surface area contributed by atoms with Gasteiger partial charge in [0.1, 0.15) is 6.42 Å². The molecule has 1 saturated carbocycles. The van der Waals surface area contributed by atoms with Crippen LogP contribution >= 0.6 is 0 Å². The predicted octanol–water partition coefficient (Wildman–Crippen LogP) is 3.97. The average molecular weight is 361 g/mol. The SMILES string of the molecule is CN1C(=O)CC(OC2CCCCC2)[N+]1=C1c2ccccc2-c2ccccc21. The molecule has 27 heavy (non-hydrogen) atoms. The Morgan fingerprint density at radius 1 is 0.889 bits per heavy atom. The fraction of sp³-hybridized carbons (Fsp3) is 0.391. The summed E-state index contributed by atoms with van der Waals surface area (Å²) in [5, 5.41) is 1.75. The van der Waals surface area contributed by atoms with Crippen molar-refractivity contribution in [3.63, 3.8) is 0 Å². The first-order valence-electron chi connectivity index (χ1n) is 10.0. The Morgan fingerprint density at radius 2 is 1.44 bits per heavy atom. The number of hydrogen-bond acceptors (Lipinski definition) is 2. The van der Waals surface area contributed by atoms with Crippen molar-refractivity contribution in [3.05, 3.63) is 59.7 Å². The van der Waals surface area contributed by atoms with E-state index in [0.29, 0.717) is 6.42 Å².